The summed E-state index contributed by atoms with van der Waals surface area (Å²) in [5, 5.41) is 22.9. The molecule has 38 heavy (non-hydrogen) atoms. The van der Waals surface area contributed by atoms with Gasteiger partial charge in [0.05, 0.1) is 11.0 Å². The molecule has 0 aliphatic heterocycles. The van der Waals surface area contributed by atoms with Crippen molar-refractivity contribution in [2.75, 3.05) is 0 Å². The molecule has 2 N–H and O–H groups in total. The zero-order valence-corrected chi connectivity index (χ0v) is 26.0. The van der Waals surface area contributed by atoms with Crippen molar-refractivity contribution in [1.82, 2.24) is 0 Å². The minimum atomic E-state index is -0.583. The highest BCUT2D eigenvalue weighted by molar-refractivity contribution is 5.76. The summed E-state index contributed by atoms with van der Waals surface area (Å²) in [5.74, 6) is 2.06. The molecule has 0 aromatic carbocycles. The molecule has 0 saturated heterocycles. The molecule has 0 aromatic heterocycles. The summed E-state index contributed by atoms with van der Waals surface area (Å²) in [6.45, 7) is 23.7. The third-order valence-corrected chi connectivity index (χ3v) is 15.5. The summed E-state index contributed by atoms with van der Waals surface area (Å²) < 4.78 is 0. The fourth-order valence-electron chi connectivity index (χ4n) is 13.2. The number of carboxylic acids is 1. The summed E-state index contributed by atoms with van der Waals surface area (Å²) in [6, 6.07) is 0. The predicted octanol–water partition coefficient (Wildman–Crippen LogP) is 8.90. The highest BCUT2D eigenvalue weighted by Gasteiger charge is 2.73. The van der Waals surface area contributed by atoms with Crippen molar-refractivity contribution in [2.45, 2.75) is 138 Å². The van der Waals surface area contributed by atoms with Gasteiger partial charge in [-0.3, -0.25) is 4.79 Å². The minimum Gasteiger partial charge on any atom is -0.481 e. The van der Waals surface area contributed by atoms with E-state index >= 15 is 0 Å². The van der Waals surface area contributed by atoms with Crippen LogP contribution in [0.5, 0.6) is 0 Å². The molecule has 10 atom stereocenters. The molecule has 5 fully saturated rings. The lowest BCUT2D eigenvalue weighted by molar-refractivity contribution is -0.274. The maximum absolute atomic E-state index is 12.9. The second-order valence-electron chi connectivity index (χ2n) is 16.3. The Hall–Kier alpha value is -0.830. The smallest absolute Gasteiger partial charge is 0.309 e. The molecule has 3 heteroatoms. The van der Waals surface area contributed by atoms with Gasteiger partial charge < -0.3 is 10.2 Å². The lowest BCUT2D eigenvalue weighted by atomic mass is 9.31. The van der Waals surface area contributed by atoms with Crippen molar-refractivity contribution < 1.29 is 15.0 Å². The molecule has 5 aliphatic carbocycles. The van der Waals surface area contributed by atoms with Crippen LogP contribution in [0.1, 0.15) is 132 Å². The summed E-state index contributed by atoms with van der Waals surface area (Å²) in [5.41, 5.74) is 0.592. The molecule has 0 radical (unpaired) electrons. The van der Waals surface area contributed by atoms with Gasteiger partial charge in [0, 0.05) is 0 Å². The molecule has 0 bridgehead atoms. The van der Waals surface area contributed by atoms with E-state index < -0.39 is 17.0 Å². The molecular weight excluding hydrogens is 468 g/mol. The zero-order valence-electron chi connectivity index (χ0n) is 26.0. The average Bonchev–Trinajstić information content (AvgIpc) is 3.25. The first-order valence-corrected chi connectivity index (χ1v) is 16.2. The number of carboxylic acid groups (broad SMARTS) is 1. The third kappa shape index (κ3) is 3.26. The van der Waals surface area contributed by atoms with Gasteiger partial charge in [-0.2, -0.15) is 0 Å². The quantitative estimate of drug-likeness (QED) is 0.352. The number of hydrogen-bond donors (Lipinski definition) is 2. The molecule has 5 rings (SSSR count). The van der Waals surface area contributed by atoms with Crippen LogP contribution in [-0.2, 0) is 4.79 Å². The molecule has 0 heterocycles. The van der Waals surface area contributed by atoms with Gasteiger partial charge in [-0.05, 0) is 128 Å². The number of rotatable bonds is 5. The van der Waals surface area contributed by atoms with Gasteiger partial charge in [0.25, 0.3) is 0 Å². The lowest BCUT2D eigenvalue weighted by Gasteiger charge is -2.74. The van der Waals surface area contributed by atoms with Crippen molar-refractivity contribution >= 4 is 5.97 Å². The summed E-state index contributed by atoms with van der Waals surface area (Å²) in [7, 11) is 0. The van der Waals surface area contributed by atoms with Gasteiger partial charge in [0.1, 0.15) is 0 Å². The van der Waals surface area contributed by atoms with E-state index in [-0.39, 0.29) is 27.6 Å². The Morgan fingerprint density at radius 2 is 1.50 bits per heavy atom. The summed E-state index contributed by atoms with van der Waals surface area (Å²) >= 11 is 0. The molecule has 5 unspecified atom stereocenters. The van der Waals surface area contributed by atoms with Crippen molar-refractivity contribution in [1.29, 1.82) is 0 Å². The third-order valence-electron chi connectivity index (χ3n) is 15.5. The van der Waals surface area contributed by atoms with Crippen LogP contribution in [0.3, 0.4) is 0 Å². The summed E-state index contributed by atoms with van der Waals surface area (Å²) in [6.07, 6.45) is 12.7. The number of fused-ring (bicyclic) bond motifs is 7. The number of aliphatic hydroxyl groups is 1. The molecule has 3 nitrogen and oxygen atoms in total. The first-order valence-electron chi connectivity index (χ1n) is 16.2. The lowest BCUT2D eigenvalue weighted by Crippen LogP contribution is -2.69. The fourth-order valence-corrected chi connectivity index (χ4v) is 13.2. The molecule has 0 amide bonds. The largest absolute Gasteiger partial charge is 0.481 e. The van der Waals surface area contributed by atoms with Crippen LogP contribution >= 0.6 is 0 Å². The Morgan fingerprint density at radius 1 is 0.842 bits per heavy atom. The van der Waals surface area contributed by atoms with Crippen LogP contribution in [-0.4, -0.2) is 21.8 Å². The van der Waals surface area contributed by atoms with E-state index in [9.17, 15) is 15.0 Å². The van der Waals surface area contributed by atoms with Crippen molar-refractivity contribution in [3.05, 3.63) is 12.2 Å². The van der Waals surface area contributed by atoms with E-state index in [1.807, 2.05) is 0 Å². The Kier molecular flexibility index (Phi) is 6.67. The van der Waals surface area contributed by atoms with Gasteiger partial charge in [0.15, 0.2) is 0 Å². The van der Waals surface area contributed by atoms with Crippen LogP contribution in [0.2, 0.25) is 0 Å². The molecular formula is C35H58O3. The predicted molar refractivity (Wildman–Crippen MR) is 156 cm³/mol. The van der Waals surface area contributed by atoms with Gasteiger partial charge in [-0.15, -0.1) is 0 Å². The second-order valence-corrected chi connectivity index (χ2v) is 16.3. The minimum absolute atomic E-state index is 0.0999. The second kappa shape index (κ2) is 8.83. The standard InChI is InChI=1S/C35H58O3/c1-10-23(11-2)35(38)21-18-31(7)26(30(35,5)6)15-16-33(9)27(31)13-12-25-28-24(22(3)4)14-17-34(28,29(36)37)20-19-32(25,33)8/h23-28,38H,3,10-21H2,1-2,4-9H3,(H,36,37)/t24-,25?,26?,27?,28?,31-,32+,33+,34-,35?/m0/s1. The molecule has 5 aliphatic rings. The Morgan fingerprint density at radius 3 is 2.08 bits per heavy atom. The maximum Gasteiger partial charge on any atom is 0.309 e. The number of hydrogen-bond acceptors (Lipinski definition) is 2. The molecule has 5 saturated carbocycles. The van der Waals surface area contributed by atoms with E-state index in [1.54, 1.807) is 0 Å². The highest BCUT2D eigenvalue weighted by Crippen LogP contribution is 2.78. The highest BCUT2D eigenvalue weighted by atomic mass is 16.4. The average molecular weight is 527 g/mol. The van der Waals surface area contributed by atoms with E-state index in [0.717, 1.165) is 51.4 Å². The maximum atomic E-state index is 12.9. The van der Waals surface area contributed by atoms with Gasteiger partial charge in [0.2, 0.25) is 0 Å². The summed E-state index contributed by atoms with van der Waals surface area (Å²) in [4.78, 5) is 12.9. The first-order chi connectivity index (χ1) is 17.6. The number of carbonyl (C=O) groups is 1. The Balaban J connectivity index is 1.53. The van der Waals surface area contributed by atoms with E-state index in [2.05, 4.69) is 62.0 Å². The normalized spacial score (nSPS) is 51.5. The SMILES string of the molecule is C=C(C)[C@@H]1CC[C@]2(C(=O)O)CC[C@]3(C)C(CCC4[C@@]5(C)CCC(O)(C(CC)CC)C(C)(C)C5CC[C@]43C)C12. The van der Waals surface area contributed by atoms with Gasteiger partial charge in [-0.25, -0.2) is 0 Å². The Bertz CT molecular complexity index is 980. The van der Waals surface area contributed by atoms with E-state index in [0.29, 0.717) is 29.6 Å². The topological polar surface area (TPSA) is 57.5 Å². The monoisotopic (exact) mass is 526 g/mol. The van der Waals surface area contributed by atoms with E-state index in [4.69, 9.17) is 0 Å². The van der Waals surface area contributed by atoms with Crippen LogP contribution in [0.15, 0.2) is 12.2 Å². The number of allylic oxidation sites excluding steroid dienone is 1. The fraction of sp³-hybridized carbons (Fsp3) is 0.914. The van der Waals surface area contributed by atoms with Crippen molar-refractivity contribution in [3.8, 4) is 0 Å². The Labute approximate surface area is 233 Å². The van der Waals surface area contributed by atoms with Crippen LogP contribution in [0, 0.1) is 62.6 Å². The molecule has 0 aromatic rings. The van der Waals surface area contributed by atoms with Crippen molar-refractivity contribution in [3.63, 3.8) is 0 Å². The number of aliphatic carboxylic acids is 1. The van der Waals surface area contributed by atoms with Crippen LogP contribution in [0.25, 0.3) is 0 Å². The van der Waals surface area contributed by atoms with Crippen LogP contribution in [0.4, 0.5) is 0 Å². The van der Waals surface area contributed by atoms with E-state index in [1.165, 1.54) is 31.3 Å². The molecule has 216 valence electrons. The van der Waals surface area contributed by atoms with Crippen molar-refractivity contribution in [2.24, 2.45) is 62.6 Å². The van der Waals surface area contributed by atoms with Gasteiger partial charge in [-0.1, -0.05) is 73.5 Å². The van der Waals surface area contributed by atoms with Gasteiger partial charge >= 0.3 is 5.97 Å². The first kappa shape index (κ1) is 28.7. The molecule has 0 spiro atoms. The van der Waals surface area contributed by atoms with Crippen LogP contribution < -0.4 is 0 Å². The zero-order chi connectivity index (χ0) is 28.1.